The van der Waals surface area contributed by atoms with E-state index >= 15 is 0 Å². The maximum atomic E-state index is 2.61. The number of allylic oxidation sites excluding steroid dienone is 20. The van der Waals surface area contributed by atoms with Crippen LogP contribution in [0.2, 0.25) is 0 Å². The van der Waals surface area contributed by atoms with Crippen LogP contribution in [0, 0.1) is 5.41 Å². The van der Waals surface area contributed by atoms with E-state index in [1.54, 1.807) is 66.9 Å². The summed E-state index contributed by atoms with van der Waals surface area (Å²) < 4.78 is 0. The molecule has 0 aromatic heterocycles. The summed E-state index contributed by atoms with van der Waals surface area (Å²) >= 11 is 0. The Morgan fingerprint density at radius 3 is 1.69 bits per heavy atom. The molecule has 0 unspecified atom stereocenters. The fraction of sp³-hybridized carbons (Fsp3) is 0.429. The van der Waals surface area contributed by atoms with E-state index in [1.807, 2.05) is 0 Å². The Hall–Kier alpha value is -2.60. The predicted molar refractivity (Wildman–Crippen MR) is 148 cm³/mol. The van der Waals surface area contributed by atoms with E-state index in [1.165, 1.54) is 77.0 Å². The maximum Gasteiger partial charge on any atom is 0.0152 e. The standard InChI is InChI=1S/C35H38/c1-35(2)33-10-6-5-9-31(33)32-18-17-30(22-34(32)35)29-16-15-27-20-26(13-14-28(27)21-29)25-12-11-23-7-3-4-8-24(23)19-25/h3,6-7,10,19-22H,4-5,8-9,11-18H2,1-2H3. The Labute approximate surface area is 211 Å². The van der Waals surface area contributed by atoms with Crippen molar-refractivity contribution in [2.24, 2.45) is 5.41 Å². The Kier molecular flexibility index (Phi) is 5.09. The van der Waals surface area contributed by atoms with Crippen molar-refractivity contribution in [2.45, 2.75) is 90.9 Å². The molecule has 0 saturated carbocycles. The largest absolute Gasteiger partial charge is 0.0839 e. The first-order chi connectivity index (χ1) is 17.1. The van der Waals surface area contributed by atoms with Crippen LogP contribution in [0.3, 0.4) is 0 Å². The number of rotatable bonds is 2. The van der Waals surface area contributed by atoms with E-state index in [4.69, 9.17) is 0 Å². The Bertz CT molecular complexity index is 1330. The van der Waals surface area contributed by atoms with E-state index in [9.17, 15) is 0 Å². The lowest BCUT2D eigenvalue weighted by Gasteiger charge is -2.30. The van der Waals surface area contributed by atoms with Crippen LogP contribution in [0.1, 0.15) is 90.9 Å². The van der Waals surface area contributed by atoms with E-state index in [2.05, 4.69) is 62.5 Å². The van der Waals surface area contributed by atoms with Crippen molar-refractivity contribution in [3.63, 3.8) is 0 Å². The molecule has 0 amide bonds. The topological polar surface area (TPSA) is 0 Å². The Balaban J connectivity index is 1.16. The average molecular weight is 459 g/mol. The lowest BCUT2D eigenvalue weighted by Crippen LogP contribution is -2.15. The SMILES string of the molecule is CC1(C)C2=C(CCC=C2)C2=C1C=C(C1=CC3=C(C=C(C4=CC5=C(C=CCC5)CC4)CC3)CC1)CC2. The minimum Gasteiger partial charge on any atom is -0.0839 e. The number of hydrogen-bond acceptors (Lipinski definition) is 0. The number of fused-ring (bicyclic) bond motifs is 1. The van der Waals surface area contributed by atoms with Gasteiger partial charge in [0.25, 0.3) is 0 Å². The molecular weight excluding hydrogens is 420 g/mol. The summed E-state index contributed by atoms with van der Waals surface area (Å²) in [5.74, 6) is 0. The van der Waals surface area contributed by atoms with E-state index < -0.39 is 0 Å². The maximum absolute atomic E-state index is 2.61. The Morgan fingerprint density at radius 1 is 0.457 bits per heavy atom. The summed E-state index contributed by atoms with van der Waals surface area (Å²) in [4.78, 5) is 0. The molecule has 0 saturated heterocycles. The molecule has 0 heteroatoms. The lowest BCUT2D eigenvalue weighted by atomic mass is 9.74. The van der Waals surface area contributed by atoms with Gasteiger partial charge in [0.1, 0.15) is 0 Å². The summed E-state index contributed by atoms with van der Waals surface area (Å²) in [6, 6.07) is 0. The van der Waals surface area contributed by atoms with Gasteiger partial charge in [-0.25, -0.2) is 0 Å². The van der Waals surface area contributed by atoms with E-state index in [0.29, 0.717) is 0 Å². The van der Waals surface area contributed by atoms with Crippen molar-refractivity contribution in [1.82, 2.24) is 0 Å². The van der Waals surface area contributed by atoms with Crippen molar-refractivity contribution >= 4 is 0 Å². The first-order valence-corrected chi connectivity index (χ1v) is 14.2. The smallest absolute Gasteiger partial charge is 0.0152 e. The summed E-state index contributed by atoms with van der Waals surface area (Å²) in [5.41, 5.74) is 19.7. The van der Waals surface area contributed by atoms with Crippen LogP contribution < -0.4 is 0 Å². The van der Waals surface area contributed by atoms with E-state index in [-0.39, 0.29) is 5.41 Å². The molecule has 0 heterocycles. The van der Waals surface area contributed by atoms with Gasteiger partial charge < -0.3 is 0 Å². The molecule has 0 atom stereocenters. The molecule has 0 aliphatic heterocycles. The van der Waals surface area contributed by atoms with Gasteiger partial charge in [0.2, 0.25) is 0 Å². The molecule has 0 fully saturated rings. The van der Waals surface area contributed by atoms with Gasteiger partial charge in [-0.15, -0.1) is 0 Å². The van der Waals surface area contributed by atoms with E-state index in [0.717, 1.165) is 0 Å². The number of hydrogen-bond donors (Lipinski definition) is 0. The second-order valence-electron chi connectivity index (χ2n) is 12.1. The molecule has 0 bridgehead atoms. The molecule has 7 aliphatic carbocycles. The quantitative estimate of drug-likeness (QED) is 0.386. The lowest BCUT2D eigenvalue weighted by molar-refractivity contribution is 0.567. The van der Waals surface area contributed by atoms with Gasteiger partial charge in [0.05, 0.1) is 0 Å². The van der Waals surface area contributed by atoms with Crippen LogP contribution in [0.4, 0.5) is 0 Å². The van der Waals surface area contributed by atoms with Gasteiger partial charge in [0, 0.05) is 5.41 Å². The third kappa shape index (κ3) is 3.55. The van der Waals surface area contributed by atoms with Crippen molar-refractivity contribution < 1.29 is 0 Å². The molecular formula is C35H38. The zero-order valence-corrected chi connectivity index (χ0v) is 21.6. The molecule has 0 radical (unpaired) electrons. The minimum atomic E-state index is 0.173. The zero-order valence-electron chi connectivity index (χ0n) is 21.6. The predicted octanol–water partition coefficient (Wildman–Crippen LogP) is 9.79. The van der Waals surface area contributed by atoms with Crippen LogP contribution in [-0.4, -0.2) is 0 Å². The molecule has 35 heavy (non-hydrogen) atoms. The first-order valence-electron chi connectivity index (χ1n) is 14.2. The van der Waals surface area contributed by atoms with Gasteiger partial charge in [-0.05, 0) is 144 Å². The van der Waals surface area contributed by atoms with Gasteiger partial charge in [-0.2, -0.15) is 0 Å². The van der Waals surface area contributed by atoms with Gasteiger partial charge >= 0.3 is 0 Å². The highest BCUT2D eigenvalue weighted by Crippen LogP contribution is 2.54. The highest BCUT2D eigenvalue weighted by atomic mass is 14.4. The first kappa shape index (κ1) is 21.7. The molecule has 0 N–H and O–H groups in total. The van der Waals surface area contributed by atoms with Gasteiger partial charge in [-0.1, -0.05) is 62.5 Å². The minimum absolute atomic E-state index is 0.173. The van der Waals surface area contributed by atoms with Crippen LogP contribution in [0.25, 0.3) is 0 Å². The van der Waals surface area contributed by atoms with Crippen LogP contribution in [0.15, 0.2) is 115 Å². The summed E-state index contributed by atoms with van der Waals surface area (Å²) in [6.07, 6.45) is 34.6. The van der Waals surface area contributed by atoms with Gasteiger partial charge in [0.15, 0.2) is 0 Å². The Morgan fingerprint density at radius 2 is 0.971 bits per heavy atom. The molecule has 7 rings (SSSR count). The summed E-state index contributed by atoms with van der Waals surface area (Å²) in [7, 11) is 0. The summed E-state index contributed by atoms with van der Waals surface area (Å²) in [6.45, 7) is 4.90. The molecule has 0 aromatic rings. The van der Waals surface area contributed by atoms with Crippen molar-refractivity contribution in [1.29, 1.82) is 0 Å². The van der Waals surface area contributed by atoms with Crippen molar-refractivity contribution in [2.75, 3.05) is 0 Å². The molecule has 0 spiro atoms. The monoisotopic (exact) mass is 458 g/mol. The molecule has 0 nitrogen and oxygen atoms in total. The second kappa shape index (κ2) is 8.22. The molecule has 0 aromatic carbocycles. The summed E-state index contributed by atoms with van der Waals surface area (Å²) in [5, 5.41) is 0. The highest BCUT2D eigenvalue weighted by Gasteiger charge is 2.39. The van der Waals surface area contributed by atoms with Crippen LogP contribution in [0.5, 0.6) is 0 Å². The highest BCUT2D eigenvalue weighted by molar-refractivity contribution is 5.64. The third-order valence-electron chi connectivity index (χ3n) is 9.76. The molecule has 7 aliphatic rings. The normalized spacial score (nSPS) is 27.1. The second-order valence-corrected chi connectivity index (χ2v) is 12.1. The molecule has 178 valence electrons. The average Bonchev–Trinajstić information content (AvgIpc) is 3.14. The fourth-order valence-corrected chi connectivity index (χ4v) is 7.77. The zero-order chi connectivity index (χ0) is 23.6. The third-order valence-corrected chi connectivity index (χ3v) is 9.76. The van der Waals surface area contributed by atoms with Gasteiger partial charge in [-0.3, -0.25) is 0 Å². The fourth-order valence-electron chi connectivity index (χ4n) is 7.77. The van der Waals surface area contributed by atoms with Crippen molar-refractivity contribution in [3.05, 3.63) is 115 Å². The van der Waals surface area contributed by atoms with Crippen molar-refractivity contribution in [3.8, 4) is 0 Å². The van der Waals surface area contributed by atoms with Crippen LogP contribution in [-0.2, 0) is 0 Å². The van der Waals surface area contributed by atoms with Crippen LogP contribution >= 0.6 is 0 Å².